The molecule has 1 aromatic carbocycles. The van der Waals surface area contributed by atoms with E-state index in [0.717, 1.165) is 12.1 Å². The predicted octanol–water partition coefficient (Wildman–Crippen LogP) is 2.89. The van der Waals surface area contributed by atoms with Crippen molar-refractivity contribution in [3.8, 4) is 0 Å². The van der Waals surface area contributed by atoms with Crippen LogP contribution in [0.5, 0.6) is 0 Å². The Bertz CT molecular complexity index is 445. The van der Waals surface area contributed by atoms with Crippen molar-refractivity contribution in [2.75, 3.05) is 5.75 Å². The van der Waals surface area contributed by atoms with Gasteiger partial charge < -0.3 is 5.73 Å². The van der Waals surface area contributed by atoms with Gasteiger partial charge >= 0.3 is 6.18 Å². The second-order valence-electron chi connectivity index (χ2n) is 3.37. The summed E-state index contributed by atoms with van der Waals surface area (Å²) in [7, 11) is 0. The van der Waals surface area contributed by atoms with Crippen molar-refractivity contribution in [2.45, 2.75) is 18.0 Å². The number of rotatable bonds is 3. The Hall–Kier alpha value is -1.24. The molecule has 17 heavy (non-hydrogen) atoms. The fraction of sp³-hybridized carbons (Fsp3) is 0.300. The van der Waals surface area contributed by atoms with Crippen LogP contribution in [-0.2, 0) is 0 Å². The predicted molar refractivity (Wildman–Crippen MR) is 56.4 cm³/mol. The minimum absolute atomic E-state index is 0.192. The number of carbonyl (C=O) groups excluding carboxylic acids is 1. The molecule has 2 nitrogen and oxygen atoms in total. The number of aryl methyl sites for hydroxylation is 1. The number of benzene rings is 1. The van der Waals surface area contributed by atoms with E-state index in [1.165, 1.54) is 6.92 Å². The van der Waals surface area contributed by atoms with E-state index in [2.05, 4.69) is 0 Å². The Labute approximate surface area is 99.2 Å². The number of alkyl halides is 3. The van der Waals surface area contributed by atoms with E-state index in [4.69, 9.17) is 5.73 Å². The smallest absolute Gasteiger partial charge is 0.366 e. The summed E-state index contributed by atoms with van der Waals surface area (Å²) < 4.78 is 49.3. The van der Waals surface area contributed by atoms with Gasteiger partial charge in [-0.25, -0.2) is 4.39 Å². The quantitative estimate of drug-likeness (QED) is 0.676. The second-order valence-corrected chi connectivity index (χ2v) is 4.38. The van der Waals surface area contributed by atoms with Gasteiger partial charge in [-0.2, -0.15) is 13.2 Å². The normalized spacial score (nSPS) is 11.6. The first-order chi connectivity index (χ1) is 7.70. The highest BCUT2D eigenvalue weighted by atomic mass is 32.2. The molecule has 2 N–H and O–H groups in total. The summed E-state index contributed by atoms with van der Waals surface area (Å²) in [6.07, 6.45) is -4.32. The molecule has 0 atom stereocenters. The van der Waals surface area contributed by atoms with Crippen LogP contribution in [0.15, 0.2) is 17.0 Å². The molecule has 0 aliphatic heterocycles. The Kier molecular flexibility index (Phi) is 4.03. The zero-order valence-corrected chi connectivity index (χ0v) is 9.58. The van der Waals surface area contributed by atoms with Gasteiger partial charge in [0.25, 0.3) is 5.91 Å². The minimum atomic E-state index is -4.32. The maximum absolute atomic E-state index is 13.2. The van der Waals surface area contributed by atoms with Crippen LogP contribution in [0, 0.1) is 12.7 Å². The third-order valence-corrected chi connectivity index (χ3v) is 3.14. The summed E-state index contributed by atoms with van der Waals surface area (Å²) in [5.74, 6) is -2.93. The first-order valence-electron chi connectivity index (χ1n) is 4.50. The van der Waals surface area contributed by atoms with Gasteiger partial charge in [0.2, 0.25) is 0 Å². The topological polar surface area (TPSA) is 43.1 Å². The van der Waals surface area contributed by atoms with Crippen molar-refractivity contribution >= 4 is 17.7 Å². The lowest BCUT2D eigenvalue weighted by molar-refractivity contribution is -0.105. The summed E-state index contributed by atoms with van der Waals surface area (Å²) >= 11 is 0.495. The number of hydrogen-bond donors (Lipinski definition) is 1. The largest absolute Gasteiger partial charge is 0.398 e. The van der Waals surface area contributed by atoms with Gasteiger partial charge in [0.15, 0.2) is 0 Å². The van der Waals surface area contributed by atoms with E-state index < -0.39 is 29.2 Å². The minimum Gasteiger partial charge on any atom is -0.366 e. The first-order valence-corrected chi connectivity index (χ1v) is 5.49. The van der Waals surface area contributed by atoms with Crippen molar-refractivity contribution in [2.24, 2.45) is 5.73 Å². The van der Waals surface area contributed by atoms with Crippen molar-refractivity contribution in [1.29, 1.82) is 0 Å². The molecule has 0 saturated carbocycles. The summed E-state index contributed by atoms with van der Waals surface area (Å²) in [4.78, 5) is 11.0. The van der Waals surface area contributed by atoms with Crippen LogP contribution in [-0.4, -0.2) is 17.8 Å². The zero-order chi connectivity index (χ0) is 13.2. The Morgan fingerprint density at radius 3 is 2.47 bits per heavy atom. The number of carbonyl (C=O) groups is 1. The molecule has 0 radical (unpaired) electrons. The molecule has 1 amide bonds. The summed E-state index contributed by atoms with van der Waals surface area (Å²) in [5, 5.41) is 0. The molecule has 7 heteroatoms. The van der Waals surface area contributed by atoms with Crippen LogP contribution in [0.1, 0.15) is 15.9 Å². The molecule has 0 spiro atoms. The molecule has 0 bridgehead atoms. The van der Waals surface area contributed by atoms with E-state index in [-0.39, 0.29) is 4.90 Å². The van der Waals surface area contributed by atoms with Gasteiger partial charge in [0, 0.05) is 4.90 Å². The van der Waals surface area contributed by atoms with Gasteiger partial charge in [-0.05, 0) is 24.6 Å². The Balaban J connectivity index is 3.00. The zero-order valence-electron chi connectivity index (χ0n) is 8.77. The highest BCUT2D eigenvalue weighted by molar-refractivity contribution is 7.99. The molecule has 0 fully saturated rings. The third kappa shape index (κ3) is 3.92. The Morgan fingerprint density at radius 2 is 2.00 bits per heavy atom. The van der Waals surface area contributed by atoms with Gasteiger partial charge in [-0.3, -0.25) is 4.79 Å². The lowest BCUT2D eigenvalue weighted by atomic mass is 10.1. The summed E-state index contributed by atoms with van der Waals surface area (Å²) in [5.41, 5.74) is 4.84. The number of primary amides is 1. The van der Waals surface area contributed by atoms with Gasteiger partial charge in [0.05, 0.1) is 11.3 Å². The first kappa shape index (κ1) is 13.8. The lowest BCUT2D eigenvalue weighted by Crippen LogP contribution is -2.14. The molecule has 0 unspecified atom stereocenters. The van der Waals surface area contributed by atoms with Crippen molar-refractivity contribution in [3.05, 3.63) is 29.1 Å². The van der Waals surface area contributed by atoms with Gasteiger partial charge in [-0.1, -0.05) is 0 Å². The molecular weight excluding hydrogens is 258 g/mol. The van der Waals surface area contributed by atoms with E-state index in [1.807, 2.05) is 0 Å². The fourth-order valence-electron chi connectivity index (χ4n) is 1.16. The average Bonchev–Trinajstić information content (AvgIpc) is 2.14. The number of hydrogen-bond acceptors (Lipinski definition) is 2. The molecule has 0 heterocycles. The molecule has 94 valence electrons. The number of amides is 1. The molecule has 0 saturated heterocycles. The maximum Gasteiger partial charge on any atom is 0.398 e. The van der Waals surface area contributed by atoms with Gasteiger partial charge in [0.1, 0.15) is 5.82 Å². The third-order valence-electron chi connectivity index (χ3n) is 1.92. The highest BCUT2D eigenvalue weighted by Gasteiger charge is 2.27. The molecule has 1 rings (SSSR count). The standard InChI is InChI=1S/C10H9F4NOS/c1-5-2-7(11)6(9(15)16)3-8(5)17-4-10(12,13)14/h2-3H,4H2,1H3,(H2,15,16). The van der Waals surface area contributed by atoms with Crippen molar-refractivity contribution in [1.82, 2.24) is 0 Å². The van der Waals surface area contributed by atoms with E-state index in [1.54, 1.807) is 0 Å². The summed E-state index contributed by atoms with van der Waals surface area (Å²) in [6, 6.07) is 2.04. The number of thioether (sulfide) groups is 1. The maximum atomic E-state index is 13.2. The average molecular weight is 267 g/mol. The molecule has 0 aromatic heterocycles. The summed E-state index contributed by atoms with van der Waals surface area (Å²) in [6.45, 7) is 1.46. The van der Waals surface area contributed by atoms with Crippen molar-refractivity contribution < 1.29 is 22.4 Å². The van der Waals surface area contributed by atoms with Crippen LogP contribution in [0.4, 0.5) is 17.6 Å². The second kappa shape index (κ2) is 4.95. The van der Waals surface area contributed by atoms with E-state index in [0.29, 0.717) is 17.3 Å². The SMILES string of the molecule is Cc1cc(F)c(C(N)=O)cc1SCC(F)(F)F. The van der Waals surface area contributed by atoms with Gasteiger partial charge in [-0.15, -0.1) is 11.8 Å². The van der Waals surface area contributed by atoms with Crippen LogP contribution >= 0.6 is 11.8 Å². The molecule has 0 aliphatic rings. The molecular formula is C10H9F4NOS. The van der Waals surface area contributed by atoms with Crippen LogP contribution in [0.2, 0.25) is 0 Å². The lowest BCUT2D eigenvalue weighted by Gasteiger charge is -2.10. The van der Waals surface area contributed by atoms with Crippen LogP contribution < -0.4 is 5.73 Å². The van der Waals surface area contributed by atoms with Crippen LogP contribution in [0.3, 0.4) is 0 Å². The monoisotopic (exact) mass is 267 g/mol. The fourth-order valence-corrected chi connectivity index (χ4v) is 1.96. The van der Waals surface area contributed by atoms with E-state index in [9.17, 15) is 22.4 Å². The highest BCUT2D eigenvalue weighted by Crippen LogP contribution is 2.30. The Morgan fingerprint density at radius 1 is 1.41 bits per heavy atom. The van der Waals surface area contributed by atoms with Crippen LogP contribution in [0.25, 0.3) is 0 Å². The number of nitrogens with two attached hydrogens (primary N) is 1. The molecule has 0 aliphatic carbocycles. The van der Waals surface area contributed by atoms with E-state index >= 15 is 0 Å². The van der Waals surface area contributed by atoms with Crippen molar-refractivity contribution in [3.63, 3.8) is 0 Å². The number of halogens is 4. The molecule has 1 aromatic rings.